The summed E-state index contributed by atoms with van der Waals surface area (Å²) >= 11 is 3.48. The first-order valence-corrected chi connectivity index (χ1v) is 7.99. The molecule has 2 rings (SSSR count). The minimum Gasteiger partial charge on any atom is -0.314 e. The van der Waals surface area contributed by atoms with E-state index in [1.807, 2.05) is 6.07 Å². The summed E-state index contributed by atoms with van der Waals surface area (Å²) in [5.41, 5.74) is 1.56. The molecule has 1 aliphatic carbocycles. The lowest BCUT2D eigenvalue weighted by Gasteiger charge is -2.25. The molecule has 1 nitrogen and oxygen atoms in total. The van der Waals surface area contributed by atoms with Crippen LogP contribution in [0.15, 0.2) is 22.7 Å². The molecule has 1 aromatic carbocycles. The Morgan fingerprint density at radius 1 is 1.47 bits per heavy atom. The second kappa shape index (κ2) is 6.36. The Bertz CT molecular complexity index is 435. The van der Waals surface area contributed by atoms with E-state index in [2.05, 4.69) is 35.1 Å². The summed E-state index contributed by atoms with van der Waals surface area (Å²) in [6.07, 6.45) is 5.94. The Kier molecular flexibility index (Phi) is 5.02. The third-order valence-corrected chi connectivity index (χ3v) is 4.89. The van der Waals surface area contributed by atoms with Crippen LogP contribution in [0.2, 0.25) is 0 Å². The molecule has 0 aliphatic heterocycles. The minimum absolute atomic E-state index is 0.172. The fraction of sp³-hybridized carbons (Fsp3) is 0.625. The molecule has 3 heteroatoms. The minimum atomic E-state index is -0.172. The van der Waals surface area contributed by atoms with Crippen LogP contribution in [0.25, 0.3) is 0 Å². The van der Waals surface area contributed by atoms with Crippen LogP contribution in [0.1, 0.15) is 45.1 Å². The molecule has 1 fully saturated rings. The van der Waals surface area contributed by atoms with E-state index in [0.29, 0.717) is 11.5 Å². The smallest absolute Gasteiger partial charge is 0.124 e. The van der Waals surface area contributed by atoms with Gasteiger partial charge in [-0.25, -0.2) is 4.39 Å². The summed E-state index contributed by atoms with van der Waals surface area (Å²) in [6, 6.07) is 5.70. The monoisotopic (exact) mass is 327 g/mol. The molecule has 0 aromatic heterocycles. The quantitative estimate of drug-likeness (QED) is 0.827. The lowest BCUT2D eigenvalue weighted by Crippen LogP contribution is -2.29. The SMILES string of the molecule is CCCNC1CCC(C)(Cc2ccc(F)cc2Br)C1. The summed E-state index contributed by atoms with van der Waals surface area (Å²) in [7, 11) is 0. The van der Waals surface area contributed by atoms with Gasteiger partial charge in [-0.3, -0.25) is 0 Å². The highest BCUT2D eigenvalue weighted by Gasteiger charge is 2.35. The molecular formula is C16H23BrFN. The van der Waals surface area contributed by atoms with E-state index in [4.69, 9.17) is 0 Å². The molecule has 0 bridgehead atoms. The van der Waals surface area contributed by atoms with Gasteiger partial charge in [-0.05, 0) is 61.8 Å². The fourth-order valence-corrected chi connectivity index (χ4v) is 3.62. The molecule has 1 aromatic rings. The van der Waals surface area contributed by atoms with Crippen molar-refractivity contribution in [2.45, 2.75) is 52.0 Å². The lowest BCUT2D eigenvalue weighted by atomic mass is 9.82. The number of hydrogen-bond donors (Lipinski definition) is 1. The van der Waals surface area contributed by atoms with Gasteiger partial charge < -0.3 is 5.32 Å². The number of halogens is 2. The van der Waals surface area contributed by atoms with Crippen molar-refractivity contribution in [2.75, 3.05) is 6.54 Å². The summed E-state index contributed by atoms with van der Waals surface area (Å²) < 4.78 is 14.0. The van der Waals surface area contributed by atoms with E-state index < -0.39 is 0 Å². The van der Waals surface area contributed by atoms with Gasteiger partial charge in [0.2, 0.25) is 0 Å². The van der Waals surface area contributed by atoms with E-state index >= 15 is 0 Å². The van der Waals surface area contributed by atoms with Gasteiger partial charge in [0.05, 0.1) is 0 Å². The predicted octanol–water partition coefficient (Wildman–Crippen LogP) is 4.69. The standard InChI is InChI=1S/C16H23BrFN/c1-3-8-19-14-6-7-16(2,11-14)10-12-4-5-13(18)9-15(12)17/h4-5,9,14,19H,3,6-8,10-11H2,1-2H3. The Hall–Kier alpha value is -0.410. The van der Waals surface area contributed by atoms with Crippen molar-refractivity contribution in [1.29, 1.82) is 0 Å². The largest absolute Gasteiger partial charge is 0.314 e. The molecule has 0 spiro atoms. The second-order valence-electron chi connectivity index (χ2n) is 6.12. The molecule has 0 amide bonds. The van der Waals surface area contributed by atoms with Gasteiger partial charge in [-0.2, -0.15) is 0 Å². The Labute approximate surface area is 124 Å². The van der Waals surface area contributed by atoms with Crippen LogP contribution in [0.3, 0.4) is 0 Å². The predicted molar refractivity (Wildman–Crippen MR) is 81.8 cm³/mol. The van der Waals surface area contributed by atoms with Crippen LogP contribution < -0.4 is 5.32 Å². The van der Waals surface area contributed by atoms with Crippen molar-refractivity contribution in [3.63, 3.8) is 0 Å². The zero-order valence-electron chi connectivity index (χ0n) is 11.8. The Morgan fingerprint density at radius 3 is 2.95 bits per heavy atom. The molecule has 2 unspecified atom stereocenters. The maximum atomic E-state index is 13.1. The van der Waals surface area contributed by atoms with Crippen LogP contribution >= 0.6 is 15.9 Å². The molecule has 0 radical (unpaired) electrons. The molecule has 1 saturated carbocycles. The Balaban J connectivity index is 1.98. The van der Waals surface area contributed by atoms with E-state index in [0.717, 1.165) is 17.4 Å². The van der Waals surface area contributed by atoms with Crippen LogP contribution in [0.5, 0.6) is 0 Å². The molecule has 1 aliphatic rings. The van der Waals surface area contributed by atoms with Crippen LogP contribution in [-0.2, 0) is 6.42 Å². The number of hydrogen-bond acceptors (Lipinski definition) is 1. The molecule has 106 valence electrons. The second-order valence-corrected chi connectivity index (χ2v) is 6.97. The van der Waals surface area contributed by atoms with Gasteiger partial charge in [0.15, 0.2) is 0 Å². The molecular weight excluding hydrogens is 305 g/mol. The number of rotatable bonds is 5. The van der Waals surface area contributed by atoms with Crippen LogP contribution in [0.4, 0.5) is 4.39 Å². The van der Waals surface area contributed by atoms with Crippen LogP contribution in [0, 0.1) is 11.2 Å². The van der Waals surface area contributed by atoms with Crippen molar-refractivity contribution < 1.29 is 4.39 Å². The highest BCUT2D eigenvalue weighted by Crippen LogP contribution is 2.41. The maximum Gasteiger partial charge on any atom is 0.124 e. The molecule has 19 heavy (non-hydrogen) atoms. The average molecular weight is 328 g/mol. The van der Waals surface area contributed by atoms with Crippen molar-refractivity contribution >= 4 is 15.9 Å². The summed E-state index contributed by atoms with van der Waals surface area (Å²) in [5, 5.41) is 3.62. The molecule has 0 saturated heterocycles. The van der Waals surface area contributed by atoms with E-state index in [-0.39, 0.29) is 5.82 Å². The normalized spacial score (nSPS) is 26.8. The van der Waals surface area contributed by atoms with Gasteiger partial charge in [-0.1, -0.05) is 35.8 Å². The number of nitrogens with one attached hydrogen (secondary N) is 1. The molecule has 0 heterocycles. The molecule has 2 atom stereocenters. The van der Waals surface area contributed by atoms with Crippen LogP contribution in [-0.4, -0.2) is 12.6 Å². The highest BCUT2D eigenvalue weighted by atomic mass is 79.9. The average Bonchev–Trinajstić information content (AvgIpc) is 2.72. The first kappa shape index (κ1) is 15.0. The molecule has 1 N–H and O–H groups in total. The van der Waals surface area contributed by atoms with Gasteiger partial charge in [-0.15, -0.1) is 0 Å². The zero-order valence-corrected chi connectivity index (χ0v) is 13.4. The lowest BCUT2D eigenvalue weighted by molar-refractivity contribution is 0.321. The van der Waals surface area contributed by atoms with E-state index in [1.165, 1.54) is 31.2 Å². The van der Waals surface area contributed by atoms with Gasteiger partial charge in [0.25, 0.3) is 0 Å². The Morgan fingerprint density at radius 2 is 2.26 bits per heavy atom. The topological polar surface area (TPSA) is 12.0 Å². The summed E-state index contributed by atoms with van der Waals surface area (Å²) in [5.74, 6) is -0.172. The van der Waals surface area contributed by atoms with Crippen molar-refractivity contribution in [3.8, 4) is 0 Å². The first-order valence-electron chi connectivity index (χ1n) is 7.20. The van der Waals surface area contributed by atoms with Crippen molar-refractivity contribution in [1.82, 2.24) is 5.32 Å². The van der Waals surface area contributed by atoms with E-state index in [1.54, 1.807) is 12.1 Å². The van der Waals surface area contributed by atoms with E-state index in [9.17, 15) is 4.39 Å². The third-order valence-electron chi connectivity index (χ3n) is 4.15. The highest BCUT2D eigenvalue weighted by molar-refractivity contribution is 9.10. The summed E-state index contributed by atoms with van der Waals surface area (Å²) in [4.78, 5) is 0. The van der Waals surface area contributed by atoms with Gasteiger partial charge in [0.1, 0.15) is 5.82 Å². The van der Waals surface area contributed by atoms with Crippen molar-refractivity contribution in [3.05, 3.63) is 34.1 Å². The zero-order chi connectivity index (χ0) is 13.9. The summed E-state index contributed by atoms with van der Waals surface area (Å²) in [6.45, 7) is 5.67. The fourth-order valence-electron chi connectivity index (χ4n) is 3.13. The van der Waals surface area contributed by atoms with Gasteiger partial charge >= 0.3 is 0 Å². The van der Waals surface area contributed by atoms with Gasteiger partial charge in [0, 0.05) is 10.5 Å². The number of benzene rings is 1. The third kappa shape index (κ3) is 4.03. The van der Waals surface area contributed by atoms with Crippen molar-refractivity contribution in [2.24, 2.45) is 5.41 Å². The first-order chi connectivity index (χ1) is 9.02. The maximum absolute atomic E-state index is 13.1.